The highest BCUT2D eigenvalue weighted by atomic mass is 16.6. The molecule has 180 valence electrons. The Morgan fingerprint density at radius 1 is 0.829 bits per heavy atom. The van der Waals surface area contributed by atoms with E-state index in [0.29, 0.717) is 31.9 Å². The van der Waals surface area contributed by atoms with Crippen molar-refractivity contribution in [3.05, 3.63) is 71.8 Å². The molecule has 2 amide bonds. The molecular weight excluding hydrogens is 440 g/mol. The number of carbonyl (C=O) groups excluding carboxylic acids is 2. The number of rotatable bonds is 3. The SMILES string of the molecule is O=C(c1cccc2ccccc12)N1CCCC(C(=O)N2CCCC2c2ccc3c(c2)OCCO3)C1. The third-order valence-corrected chi connectivity index (χ3v) is 7.56. The molecule has 35 heavy (non-hydrogen) atoms. The van der Waals surface area contributed by atoms with E-state index in [-0.39, 0.29) is 23.8 Å². The monoisotopic (exact) mass is 470 g/mol. The maximum Gasteiger partial charge on any atom is 0.254 e. The van der Waals surface area contributed by atoms with Crippen molar-refractivity contribution >= 4 is 22.6 Å². The summed E-state index contributed by atoms with van der Waals surface area (Å²) in [6.07, 6.45) is 3.59. The van der Waals surface area contributed by atoms with E-state index in [1.165, 1.54) is 0 Å². The molecule has 2 saturated heterocycles. The second-order valence-corrected chi connectivity index (χ2v) is 9.71. The number of fused-ring (bicyclic) bond motifs is 2. The van der Waals surface area contributed by atoms with Crippen LogP contribution in [0.3, 0.4) is 0 Å². The zero-order chi connectivity index (χ0) is 23.8. The van der Waals surface area contributed by atoms with Gasteiger partial charge in [0.15, 0.2) is 11.5 Å². The van der Waals surface area contributed by atoms with E-state index in [1.54, 1.807) is 0 Å². The molecule has 6 heteroatoms. The fourth-order valence-corrected chi connectivity index (χ4v) is 5.82. The van der Waals surface area contributed by atoms with Crippen LogP contribution in [0.2, 0.25) is 0 Å². The minimum Gasteiger partial charge on any atom is -0.486 e. The first-order valence-corrected chi connectivity index (χ1v) is 12.7. The van der Waals surface area contributed by atoms with Crippen molar-refractivity contribution in [1.29, 1.82) is 0 Å². The van der Waals surface area contributed by atoms with Gasteiger partial charge in [0.05, 0.1) is 12.0 Å². The topological polar surface area (TPSA) is 59.1 Å². The number of hydrogen-bond acceptors (Lipinski definition) is 4. The summed E-state index contributed by atoms with van der Waals surface area (Å²) in [6, 6.07) is 19.9. The van der Waals surface area contributed by atoms with Crippen molar-refractivity contribution in [3.63, 3.8) is 0 Å². The van der Waals surface area contributed by atoms with Crippen molar-refractivity contribution in [2.45, 2.75) is 31.7 Å². The summed E-state index contributed by atoms with van der Waals surface area (Å²) in [7, 11) is 0. The zero-order valence-corrected chi connectivity index (χ0v) is 19.8. The molecule has 0 spiro atoms. The fraction of sp³-hybridized carbons (Fsp3) is 0.379. The van der Waals surface area contributed by atoms with Crippen molar-refractivity contribution in [1.82, 2.24) is 9.80 Å². The molecule has 0 bridgehead atoms. The summed E-state index contributed by atoms with van der Waals surface area (Å²) in [5, 5.41) is 2.02. The molecule has 2 fully saturated rings. The van der Waals surface area contributed by atoms with Crippen LogP contribution in [0, 0.1) is 5.92 Å². The van der Waals surface area contributed by atoms with Gasteiger partial charge in [0.25, 0.3) is 5.91 Å². The maximum atomic E-state index is 13.7. The molecule has 2 atom stereocenters. The second-order valence-electron chi connectivity index (χ2n) is 9.71. The van der Waals surface area contributed by atoms with Crippen LogP contribution < -0.4 is 9.47 Å². The fourth-order valence-electron chi connectivity index (χ4n) is 5.82. The molecule has 3 aromatic carbocycles. The Balaban J connectivity index is 1.20. The number of likely N-dealkylation sites (tertiary alicyclic amines) is 2. The predicted octanol–water partition coefficient (Wildman–Crippen LogP) is 4.83. The first kappa shape index (κ1) is 22.0. The molecule has 0 saturated carbocycles. The number of nitrogens with zero attached hydrogens (tertiary/aromatic N) is 2. The molecular formula is C29H30N2O4. The lowest BCUT2D eigenvalue weighted by molar-refractivity contribution is -0.138. The maximum absolute atomic E-state index is 13.7. The smallest absolute Gasteiger partial charge is 0.254 e. The van der Waals surface area contributed by atoms with Gasteiger partial charge in [-0.2, -0.15) is 0 Å². The average Bonchev–Trinajstić information content (AvgIpc) is 3.42. The molecule has 3 aromatic rings. The Hall–Kier alpha value is -3.54. The van der Waals surface area contributed by atoms with Gasteiger partial charge in [-0.3, -0.25) is 9.59 Å². The van der Waals surface area contributed by atoms with Crippen LogP contribution in [-0.4, -0.2) is 54.5 Å². The first-order valence-electron chi connectivity index (χ1n) is 12.7. The van der Waals surface area contributed by atoms with E-state index < -0.39 is 0 Å². The van der Waals surface area contributed by atoms with E-state index in [2.05, 4.69) is 6.07 Å². The number of piperidine rings is 1. The number of hydrogen-bond donors (Lipinski definition) is 0. The van der Waals surface area contributed by atoms with Crippen LogP contribution in [0.25, 0.3) is 10.8 Å². The summed E-state index contributed by atoms with van der Waals surface area (Å²) in [4.78, 5) is 31.1. The molecule has 6 rings (SSSR count). The van der Waals surface area contributed by atoms with Crippen molar-refractivity contribution < 1.29 is 19.1 Å². The van der Waals surface area contributed by atoms with Gasteiger partial charge in [-0.25, -0.2) is 0 Å². The number of carbonyl (C=O) groups is 2. The Kier molecular flexibility index (Phi) is 5.80. The van der Waals surface area contributed by atoms with Gasteiger partial charge in [-0.15, -0.1) is 0 Å². The molecule has 3 heterocycles. The molecule has 0 aromatic heterocycles. The minimum absolute atomic E-state index is 0.0177. The first-order chi connectivity index (χ1) is 17.2. The van der Waals surface area contributed by atoms with Gasteiger partial charge >= 0.3 is 0 Å². The van der Waals surface area contributed by atoms with Gasteiger partial charge < -0.3 is 19.3 Å². The van der Waals surface area contributed by atoms with Crippen molar-refractivity contribution in [3.8, 4) is 11.5 Å². The van der Waals surface area contributed by atoms with E-state index >= 15 is 0 Å². The molecule has 2 unspecified atom stereocenters. The standard InChI is InChI=1S/C29H30N2O4/c32-28(31-15-5-11-25(31)21-12-13-26-27(18-21)35-17-16-34-26)22-8-4-14-30(19-22)29(33)24-10-3-7-20-6-1-2-9-23(20)24/h1-3,6-7,9-10,12-13,18,22,25H,4-5,8,11,14-17,19H2. The summed E-state index contributed by atoms with van der Waals surface area (Å²) >= 11 is 0. The van der Waals surface area contributed by atoms with Gasteiger partial charge in [-0.1, -0.05) is 42.5 Å². The predicted molar refractivity (Wildman–Crippen MR) is 134 cm³/mol. The van der Waals surface area contributed by atoms with E-state index in [9.17, 15) is 9.59 Å². The van der Waals surface area contributed by atoms with Gasteiger partial charge in [-0.05, 0) is 60.2 Å². The highest BCUT2D eigenvalue weighted by Gasteiger charge is 2.37. The Bertz CT molecular complexity index is 1270. The highest BCUT2D eigenvalue weighted by Crippen LogP contribution is 2.39. The van der Waals surface area contributed by atoms with Crippen molar-refractivity contribution in [2.24, 2.45) is 5.92 Å². The zero-order valence-electron chi connectivity index (χ0n) is 19.8. The Morgan fingerprint density at radius 3 is 2.54 bits per heavy atom. The Labute approximate surface area is 205 Å². The van der Waals surface area contributed by atoms with Crippen LogP contribution in [0.1, 0.15) is 47.6 Å². The van der Waals surface area contributed by atoms with Crippen molar-refractivity contribution in [2.75, 3.05) is 32.8 Å². The van der Waals surface area contributed by atoms with Crippen LogP contribution in [0.15, 0.2) is 60.7 Å². The summed E-state index contributed by atoms with van der Waals surface area (Å²) in [5.74, 6) is 1.55. The van der Waals surface area contributed by atoms with Crippen LogP contribution >= 0.6 is 0 Å². The van der Waals surface area contributed by atoms with Crippen LogP contribution in [-0.2, 0) is 4.79 Å². The number of benzene rings is 3. The van der Waals surface area contributed by atoms with E-state index in [4.69, 9.17) is 9.47 Å². The largest absolute Gasteiger partial charge is 0.486 e. The number of ether oxygens (including phenoxy) is 2. The summed E-state index contributed by atoms with van der Waals surface area (Å²) in [6.45, 7) is 3.04. The van der Waals surface area contributed by atoms with E-state index in [0.717, 1.165) is 60.1 Å². The van der Waals surface area contributed by atoms with Gasteiger partial charge in [0.2, 0.25) is 5.91 Å². The minimum atomic E-state index is -0.166. The third kappa shape index (κ3) is 4.11. The molecule has 0 aliphatic carbocycles. The van der Waals surface area contributed by atoms with E-state index in [1.807, 2.05) is 64.4 Å². The van der Waals surface area contributed by atoms with Crippen LogP contribution in [0.4, 0.5) is 0 Å². The average molecular weight is 471 g/mol. The Morgan fingerprint density at radius 2 is 1.63 bits per heavy atom. The molecule has 3 aliphatic rings. The second kappa shape index (κ2) is 9.25. The molecule has 3 aliphatic heterocycles. The van der Waals surface area contributed by atoms with Crippen LogP contribution in [0.5, 0.6) is 11.5 Å². The number of amides is 2. The highest BCUT2D eigenvalue weighted by molar-refractivity contribution is 6.07. The third-order valence-electron chi connectivity index (χ3n) is 7.56. The molecule has 0 radical (unpaired) electrons. The molecule has 6 nitrogen and oxygen atoms in total. The lowest BCUT2D eigenvalue weighted by Crippen LogP contribution is -2.46. The summed E-state index contributed by atoms with van der Waals surface area (Å²) < 4.78 is 11.4. The quantitative estimate of drug-likeness (QED) is 0.550. The lowest BCUT2D eigenvalue weighted by atomic mass is 9.94. The molecule has 0 N–H and O–H groups in total. The summed E-state index contributed by atoms with van der Waals surface area (Å²) in [5.41, 5.74) is 1.81. The lowest BCUT2D eigenvalue weighted by Gasteiger charge is -2.36. The van der Waals surface area contributed by atoms with Gasteiger partial charge in [0.1, 0.15) is 13.2 Å². The van der Waals surface area contributed by atoms with Gasteiger partial charge in [0, 0.05) is 25.2 Å². The normalized spacial score (nSPS) is 21.8.